The fourth-order valence-corrected chi connectivity index (χ4v) is 3.67. The van der Waals surface area contributed by atoms with Crippen molar-refractivity contribution in [3.63, 3.8) is 0 Å². The van der Waals surface area contributed by atoms with Gasteiger partial charge in [0.05, 0.1) is 11.1 Å². The van der Waals surface area contributed by atoms with Crippen molar-refractivity contribution in [1.82, 2.24) is 9.47 Å². The lowest BCUT2D eigenvalue weighted by Gasteiger charge is -2.41. The smallest absolute Gasteiger partial charge is 0.274 e. The second-order valence-corrected chi connectivity index (χ2v) is 6.84. The summed E-state index contributed by atoms with van der Waals surface area (Å²) in [6, 6.07) is 0.242. The fourth-order valence-electron chi connectivity index (χ4n) is 3.24. The number of aromatic nitrogens is 1. The molecule has 6 heteroatoms. The summed E-state index contributed by atoms with van der Waals surface area (Å²) in [5.41, 5.74) is 0.189. The van der Waals surface area contributed by atoms with Gasteiger partial charge in [0.1, 0.15) is 0 Å². The van der Waals surface area contributed by atoms with Gasteiger partial charge in [-0.2, -0.15) is 0 Å². The largest absolute Gasteiger partial charge is 0.487 e. The Kier molecular flexibility index (Phi) is 4.57. The third kappa shape index (κ3) is 2.69. The highest BCUT2D eigenvalue weighted by molar-refractivity contribution is 9.10. The SMILES string of the molecule is CCCCOc1c2n(cc(Br)c1=O)C[C@H]1CCCCN1C2=O. The average molecular weight is 369 g/mol. The van der Waals surface area contributed by atoms with E-state index < -0.39 is 0 Å². The fraction of sp³-hybridized carbons (Fsp3) is 0.625. The van der Waals surface area contributed by atoms with Crippen molar-refractivity contribution < 1.29 is 9.53 Å². The maximum Gasteiger partial charge on any atom is 0.274 e. The predicted molar refractivity (Wildman–Crippen MR) is 87.5 cm³/mol. The summed E-state index contributed by atoms with van der Waals surface area (Å²) in [5, 5.41) is 0. The standard InChI is InChI=1S/C16H21BrN2O3/c1-2-3-8-22-15-13-16(21)19-7-5-4-6-11(19)9-18(13)10-12(17)14(15)20/h10-11H,2-9H2,1H3/t11-/m1/s1. The highest BCUT2D eigenvalue weighted by Gasteiger charge is 2.36. The maximum absolute atomic E-state index is 12.8. The normalized spacial score (nSPS) is 20.5. The van der Waals surface area contributed by atoms with Gasteiger partial charge in [0, 0.05) is 25.3 Å². The molecule has 1 fully saturated rings. The Balaban J connectivity index is 2.02. The molecule has 5 nitrogen and oxygen atoms in total. The lowest BCUT2D eigenvalue weighted by atomic mass is 9.98. The Hall–Kier alpha value is -1.30. The van der Waals surface area contributed by atoms with Crippen molar-refractivity contribution in [3.05, 3.63) is 26.6 Å². The molecule has 0 radical (unpaired) electrons. The monoisotopic (exact) mass is 368 g/mol. The van der Waals surface area contributed by atoms with Gasteiger partial charge in [0.2, 0.25) is 5.43 Å². The van der Waals surface area contributed by atoms with E-state index in [2.05, 4.69) is 22.9 Å². The number of rotatable bonds is 4. The summed E-state index contributed by atoms with van der Waals surface area (Å²) in [4.78, 5) is 27.1. The van der Waals surface area contributed by atoms with Gasteiger partial charge in [-0.1, -0.05) is 13.3 Å². The molecule has 0 aliphatic carbocycles. The van der Waals surface area contributed by atoms with Gasteiger partial charge >= 0.3 is 0 Å². The molecule has 1 amide bonds. The molecule has 0 unspecified atom stereocenters. The van der Waals surface area contributed by atoms with Crippen LogP contribution in [0.1, 0.15) is 49.5 Å². The van der Waals surface area contributed by atoms with Crippen LogP contribution in [0.2, 0.25) is 0 Å². The average Bonchev–Trinajstić information content (AvgIpc) is 2.51. The van der Waals surface area contributed by atoms with E-state index in [1.54, 1.807) is 6.20 Å². The number of pyridine rings is 1. The van der Waals surface area contributed by atoms with Crippen LogP contribution in [-0.4, -0.2) is 34.6 Å². The number of ether oxygens (including phenoxy) is 1. The van der Waals surface area contributed by atoms with E-state index in [0.717, 1.165) is 45.2 Å². The number of carbonyl (C=O) groups excluding carboxylic acids is 1. The zero-order valence-corrected chi connectivity index (χ0v) is 14.4. The molecule has 3 heterocycles. The first-order valence-electron chi connectivity index (χ1n) is 8.00. The molecule has 1 atom stereocenters. The first-order chi connectivity index (χ1) is 10.6. The minimum Gasteiger partial charge on any atom is -0.487 e. The zero-order chi connectivity index (χ0) is 15.7. The van der Waals surface area contributed by atoms with Crippen LogP contribution in [0.15, 0.2) is 15.5 Å². The number of carbonyl (C=O) groups is 1. The van der Waals surface area contributed by atoms with Crippen LogP contribution >= 0.6 is 15.9 Å². The van der Waals surface area contributed by atoms with Gasteiger partial charge in [-0.15, -0.1) is 0 Å². The number of fused-ring (bicyclic) bond motifs is 2. The number of hydrogen-bond acceptors (Lipinski definition) is 3. The van der Waals surface area contributed by atoms with E-state index in [-0.39, 0.29) is 23.1 Å². The van der Waals surface area contributed by atoms with Crippen molar-refractivity contribution >= 4 is 21.8 Å². The summed E-state index contributed by atoms with van der Waals surface area (Å²) >= 11 is 3.30. The predicted octanol–water partition coefficient (Wildman–Crippen LogP) is 2.80. The highest BCUT2D eigenvalue weighted by atomic mass is 79.9. The van der Waals surface area contributed by atoms with Gasteiger partial charge in [0.15, 0.2) is 11.4 Å². The van der Waals surface area contributed by atoms with Gasteiger partial charge in [-0.3, -0.25) is 9.59 Å². The van der Waals surface area contributed by atoms with Crippen LogP contribution in [0, 0.1) is 0 Å². The molecule has 2 aliphatic rings. The van der Waals surface area contributed by atoms with E-state index in [1.807, 2.05) is 9.47 Å². The Morgan fingerprint density at radius 1 is 1.36 bits per heavy atom. The second-order valence-electron chi connectivity index (χ2n) is 5.99. The van der Waals surface area contributed by atoms with E-state index in [9.17, 15) is 9.59 Å². The molecular formula is C16H21BrN2O3. The highest BCUT2D eigenvalue weighted by Crippen LogP contribution is 2.30. The van der Waals surface area contributed by atoms with Crippen molar-refractivity contribution in [2.45, 2.75) is 51.6 Å². The Morgan fingerprint density at radius 3 is 2.95 bits per heavy atom. The molecule has 0 N–H and O–H groups in total. The molecule has 0 aromatic carbocycles. The number of piperidine rings is 1. The van der Waals surface area contributed by atoms with E-state index in [0.29, 0.717) is 16.8 Å². The first-order valence-corrected chi connectivity index (χ1v) is 8.79. The Labute approximate surface area is 138 Å². The quantitative estimate of drug-likeness (QED) is 0.767. The van der Waals surface area contributed by atoms with Crippen LogP contribution in [0.4, 0.5) is 0 Å². The number of hydrogen-bond donors (Lipinski definition) is 0. The molecule has 22 heavy (non-hydrogen) atoms. The van der Waals surface area contributed by atoms with Crippen molar-refractivity contribution in [3.8, 4) is 5.75 Å². The number of amides is 1. The molecule has 2 aliphatic heterocycles. The maximum atomic E-state index is 12.8. The topological polar surface area (TPSA) is 51.5 Å². The molecule has 0 saturated carbocycles. The van der Waals surface area contributed by atoms with Gasteiger partial charge in [-0.25, -0.2) is 0 Å². The third-order valence-corrected chi connectivity index (χ3v) is 5.00. The van der Waals surface area contributed by atoms with Gasteiger partial charge in [-0.05, 0) is 41.6 Å². The molecule has 1 aromatic rings. The van der Waals surface area contributed by atoms with E-state index >= 15 is 0 Å². The van der Waals surface area contributed by atoms with Crippen molar-refractivity contribution in [2.75, 3.05) is 13.2 Å². The summed E-state index contributed by atoms with van der Waals surface area (Å²) in [6.07, 6.45) is 6.81. The van der Waals surface area contributed by atoms with Crippen LogP contribution in [0.5, 0.6) is 5.75 Å². The molecule has 0 bridgehead atoms. The lowest BCUT2D eigenvalue weighted by molar-refractivity contribution is 0.0503. The van der Waals surface area contributed by atoms with Gasteiger partial charge < -0.3 is 14.2 Å². The molecule has 1 aromatic heterocycles. The first kappa shape index (κ1) is 15.6. The van der Waals surface area contributed by atoms with Crippen LogP contribution in [0.25, 0.3) is 0 Å². The van der Waals surface area contributed by atoms with Gasteiger partial charge in [0.25, 0.3) is 5.91 Å². The molecule has 3 rings (SSSR count). The van der Waals surface area contributed by atoms with Crippen molar-refractivity contribution in [2.24, 2.45) is 0 Å². The van der Waals surface area contributed by atoms with Crippen molar-refractivity contribution in [1.29, 1.82) is 0 Å². The summed E-state index contributed by atoms with van der Waals surface area (Å²) in [5.74, 6) is 0.142. The van der Waals surface area contributed by atoms with E-state index in [1.165, 1.54) is 0 Å². The summed E-state index contributed by atoms with van der Waals surface area (Å²) in [6.45, 7) is 4.05. The molecule has 120 valence electrons. The van der Waals surface area contributed by atoms with E-state index in [4.69, 9.17) is 4.74 Å². The Bertz CT molecular complexity index is 641. The number of nitrogens with zero attached hydrogens (tertiary/aromatic N) is 2. The number of halogens is 1. The van der Waals surface area contributed by atoms with Crippen LogP contribution in [0.3, 0.4) is 0 Å². The molecule has 0 spiro atoms. The minimum atomic E-state index is -0.230. The second kappa shape index (κ2) is 6.44. The van der Waals surface area contributed by atoms with Crippen LogP contribution < -0.4 is 10.2 Å². The van der Waals surface area contributed by atoms with Crippen LogP contribution in [-0.2, 0) is 6.54 Å². The lowest BCUT2D eigenvalue weighted by Crippen LogP contribution is -2.51. The minimum absolute atomic E-state index is 0.0629. The zero-order valence-electron chi connectivity index (χ0n) is 12.8. The molecular weight excluding hydrogens is 348 g/mol. The number of unbranched alkanes of at least 4 members (excludes halogenated alkanes) is 1. The summed E-state index contributed by atoms with van der Waals surface area (Å²) < 4.78 is 8.04. The Morgan fingerprint density at radius 2 is 2.18 bits per heavy atom. The third-order valence-electron chi connectivity index (χ3n) is 4.44. The molecule has 1 saturated heterocycles. The summed E-state index contributed by atoms with van der Waals surface area (Å²) in [7, 11) is 0.